The molecular weight excluding hydrogens is 188 g/mol. The molecule has 2 aliphatic rings. The number of nitrogens with zero attached hydrogens (tertiary/aromatic N) is 1. The van der Waals surface area contributed by atoms with Gasteiger partial charge in [-0.05, 0) is 25.8 Å². The molecule has 0 bridgehead atoms. The van der Waals surface area contributed by atoms with Gasteiger partial charge in [0, 0.05) is 25.0 Å². The third-order valence-corrected chi connectivity index (χ3v) is 3.79. The van der Waals surface area contributed by atoms with E-state index in [1.54, 1.807) is 0 Å². The van der Waals surface area contributed by atoms with E-state index in [-0.39, 0.29) is 0 Å². The zero-order valence-corrected chi connectivity index (χ0v) is 9.67. The summed E-state index contributed by atoms with van der Waals surface area (Å²) in [4.78, 5) is 14.3. The second-order valence-corrected chi connectivity index (χ2v) is 4.87. The molecule has 3 heteroatoms. The molecule has 2 fully saturated rings. The van der Waals surface area contributed by atoms with Crippen LogP contribution in [-0.2, 0) is 4.79 Å². The number of likely N-dealkylation sites (tertiary alicyclic amines) is 1. The highest BCUT2D eigenvalue weighted by atomic mass is 16.2. The highest BCUT2D eigenvalue weighted by molar-refractivity contribution is 5.79. The molecule has 86 valence electrons. The number of rotatable bonds is 3. The first kappa shape index (κ1) is 10.9. The molecule has 0 aromatic heterocycles. The fourth-order valence-electron chi connectivity index (χ4n) is 2.74. The summed E-state index contributed by atoms with van der Waals surface area (Å²) >= 11 is 0. The van der Waals surface area contributed by atoms with Gasteiger partial charge in [0.1, 0.15) is 0 Å². The van der Waals surface area contributed by atoms with Gasteiger partial charge in [-0.2, -0.15) is 0 Å². The number of carbonyl (C=O) groups excluding carboxylic acids is 1. The SMILES string of the molecule is CCN1CCC(NC(=O)C2CCCC2)C1. The van der Waals surface area contributed by atoms with Crippen molar-refractivity contribution >= 4 is 5.91 Å². The third-order valence-electron chi connectivity index (χ3n) is 3.79. The lowest BCUT2D eigenvalue weighted by Gasteiger charge is -2.17. The molecular formula is C12H22N2O. The van der Waals surface area contributed by atoms with Crippen molar-refractivity contribution in [2.75, 3.05) is 19.6 Å². The molecule has 0 aromatic rings. The van der Waals surface area contributed by atoms with Gasteiger partial charge in [0.25, 0.3) is 0 Å². The van der Waals surface area contributed by atoms with Gasteiger partial charge < -0.3 is 10.2 Å². The Morgan fingerprint density at radius 3 is 2.67 bits per heavy atom. The number of amides is 1. The van der Waals surface area contributed by atoms with Gasteiger partial charge in [0.2, 0.25) is 5.91 Å². The van der Waals surface area contributed by atoms with Crippen molar-refractivity contribution in [1.29, 1.82) is 0 Å². The smallest absolute Gasteiger partial charge is 0.223 e. The molecule has 1 aliphatic carbocycles. The predicted molar refractivity (Wildman–Crippen MR) is 60.6 cm³/mol. The molecule has 3 nitrogen and oxygen atoms in total. The predicted octanol–water partition coefficient (Wildman–Crippen LogP) is 1.39. The van der Waals surface area contributed by atoms with Crippen molar-refractivity contribution in [3.05, 3.63) is 0 Å². The van der Waals surface area contributed by atoms with Crippen molar-refractivity contribution in [3.8, 4) is 0 Å². The highest BCUT2D eigenvalue weighted by Crippen LogP contribution is 2.25. The zero-order chi connectivity index (χ0) is 10.7. The van der Waals surface area contributed by atoms with Crippen LogP contribution in [0.5, 0.6) is 0 Å². The fraction of sp³-hybridized carbons (Fsp3) is 0.917. The molecule has 1 aliphatic heterocycles. The van der Waals surface area contributed by atoms with Crippen molar-refractivity contribution in [3.63, 3.8) is 0 Å². The third kappa shape index (κ3) is 2.71. The van der Waals surface area contributed by atoms with Crippen LogP contribution >= 0.6 is 0 Å². The Morgan fingerprint density at radius 1 is 1.33 bits per heavy atom. The average molecular weight is 210 g/mol. The summed E-state index contributed by atoms with van der Waals surface area (Å²) in [5.41, 5.74) is 0. The Bertz CT molecular complexity index is 224. The summed E-state index contributed by atoms with van der Waals surface area (Å²) < 4.78 is 0. The summed E-state index contributed by atoms with van der Waals surface area (Å²) in [6.07, 6.45) is 5.83. The zero-order valence-electron chi connectivity index (χ0n) is 9.67. The molecule has 1 unspecified atom stereocenters. The molecule has 1 heterocycles. The molecule has 1 saturated carbocycles. The Hall–Kier alpha value is -0.570. The summed E-state index contributed by atoms with van der Waals surface area (Å²) in [6, 6.07) is 0.415. The van der Waals surface area contributed by atoms with Gasteiger partial charge in [0.15, 0.2) is 0 Å². The van der Waals surface area contributed by atoms with Gasteiger partial charge in [-0.1, -0.05) is 19.8 Å². The number of hydrogen-bond acceptors (Lipinski definition) is 2. The Morgan fingerprint density at radius 2 is 2.07 bits per heavy atom. The molecule has 0 radical (unpaired) electrons. The molecule has 2 rings (SSSR count). The molecule has 1 saturated heterocycles. The van der Waals surface area contributed by atoms with Crippen LogP contribution in [0.15, 0.2) is 0 Å². The van der Waals surface area contributed by atoms with Crippen LogP contribution in [0, 0.1) is 5.92 Å². The number of carbonyl (C=O) groups is 1. The van der Waals surface area contributed by atoms with E-state index in [2.05, 4.69) is 17.1 Å². The van der Waals surface area contributed by atoms with E-state index in [0.717, 1.165) is 38.9 Å². The fourth-order valence-corrected chi connectivity index (χ4v) is 2.74. The maximum atomic E-state index is 11.9. The first-order valence-electron chi connectivity index (χ1n) is 6.32. The minimum Gasteiger partial charge on any atom is -0.352 e. The topological polar surface area (TPSA) is 32.3 Å². The molecule has 0 spiro atoms. The van der Waals surface area contributed by atoms with E-state index in [1.165, 1.54) is 12.8 Å². The van der Waals surface area contributed by atoms with Crippen LogP contribution in [0.25, 0.3) is 0 Å². The van der Waals surface area contributed by atoms with E-state index in [0.29, 0.717) is 17.9 Å². The summed E-state index contributed by atoms with van der Waals surface area (Å²) in [7, 11) is 0. The number of hydrogen-bond donors (Lipinski definition) is 1. The van der Waals surface area contributed by atoms with Gasteiger partial charge in [-0.25, -0.2) is 0 Å². The molecule has 1 atom stereocenters. The quantitative estimate of drug-likeness (QED) is 0.763. The van der Waals surface area contributed by atoms with Gasteiger partial charge in [0.05, 0.1) is 0 Å². The van der Waals surface area contributed by atoms with Crippen molar-refractivity contribution < 1.29 is 4.79 Å². The lowest BCUT2D eigenvalue weighted by molar-refractivity contribution is -0.125. The number of likely N-dealkylation sites (N-methyl/N-ethyl adjacent to an activating group) is 1. The lowest BCUT2D eigenvalue weighted by atomic mass is 10.1. The van der Waals surface area contributed by atoms with Crippen LogP contribution < -0.4 is 5.32 Å². The molecule has 15 heavy (non-hydrogen) atoms. The van der Waals surface area contributed by atoms with E-state index in [9.17, 15) is 4.79 Å². The van der Waals surface area contributed by atoms with Gasteiger partial charge in [-0.15, -0.1) is 0 Å². The first-order chi connectivity index (χ1) is 7.29. The van der Waals surface area contributed by atoms with Gasteiger partial charge >= 0.3 is 0 Å². The monoisotopic (exact) mass is 210 g/mol. The maximum absolute atomic E-state index is 11.9. The van der Waals surface area contributed by atoms with E-state index >= 15 is 0 Å². The van der Waals surface area contributed by atoms with Crippen LogP contribution in [0.4, 0.5) is 0 Å². The maximum Gasteiger partial charge on any atom is 0.223 e. The van der Waals surface area contributed by atoms with E-state index in [1.807, 2.05) is 0 Å². The Balaban J connectivity index is 1.74. The summed E-state index contributed by atoms with van der Waals surface area (Å²) in [5.74, 6) is 0.635. The largest absolute Gasteiger partial charge is 0.352 e. The van der Waals surface area contributed by atoms with Crippen LogP contribution in [0.1, 0.15) is 39.0 Å². The highest BCUT2D eigenvalue weighted by Gasteiger charge is 2.27. The second kappa shape index (κ2) is 4.97. The minimum atomic E-state index is 0.315. The van der Waals surface area contributed by atoms with Crippen molar-refractivity contribution in [2.24, 2.45) is 5.92 Å². The standard InChI is InChI=1S/C12H22N2O/c1-2-14-8-7-11(9-14)13-12(15)10-5-3-4-6-10/h10-11H,2-9H2,1H3,(H,13,15). The van der Waals surface area contributed by atoms with Crippen molar-refractivity contribution in [2.45, 2.75) is 45.1 Å². The average Bonchev–Trinajstić information content (AvgIpc) is 2.87. The first-order valence-corrected chi connectivity index (χ1v) is 6.32. The summed E-state index contributed by atoms with van der Waals surface area (Å²) in [5, 5.41) is 3.20. The van der Waals surface area contributed by atoms with Crippen LogP contribution in [0.2, 0.25) is 0 Å². The van der Waals surface area contributed by atoms with Crippen molar-refractivity contribution in [1.82, 2.24) is 10.2 Å². The Labute approximate surface area is 92.2 Å². The van der Waals surface area contributed by atoms with Crippen LogP contribution in [0.3, 0.4) is 0 Å². The van der Waals surface area contributed by atoms with Gasteiger partial charge in [-0.3, -0.25) is 4.79 Å². The number of nitrogens with one attached hydrogen (secondary N) is 1. The lowest BCUT2D eigenvalue weighted by Crippen LogP contribution is -2.39. The van der Waals surface area contributed by atoms with Crippen LogP contribution in [-0.4, -0.2) is 36.5 Å². The minimum absolute atomic E-state index is 0.315. The Kier molecular flexibility index (Phi) is 3.62. The molecule has 1 amide bonds. The molecule has 0 aromatic carbocycles. The normalized spacial score (nSPS) is 28.5. The summed E-state index contributed by atoms with van der Waals surface area (Å²) in [6.45, 7) is 5.48. The van der Waals surface area contributed by atoms with E-state index < -0.39 is 0 Å². The molecule has 1 N–H and O–H groups in total. The second-order valence-electron chi connectivity index (χ2n) is 4.87. The van der Waals surface area contributed by atoms with E-state index in [4.69, 9.17) is 0 Å².